The Morgan fingerprint density at radius 1 is 1.00 bits per heavy atom. The quantitative estimate of drug-likeness (QED) is 0.391. The van der Waals surface area contributed by atoms with Crippen LogP contribution in [0.1, 0.15) is 37.8 Å². The van der Waals surface area contributed by atoms with Gasteiger partial charge in [-0.15, -0.1) is 0 Å². The maximum atomic E-state index is 5.47. The van der Waals surface area contributed by atoms with Gasteiger partial charge in [0.25, 0.3) is 0 Å². The molecule has 3 heterocycles. The van der Waals surface area contributed by atoms with E-state index < -0.39 is 0 Å². The number of ether oxygens (including phenoxy) is 3. The van der Waals surface area contributed by atoms with Crippen molar-refractivity contribution in [3.05, 3.63) is 36.5 Å². The first-order chi connectivity index (χ1) is 17.1. The van der Waals surface area contributed by atoms with Gasteiger partial charge in [-0.2, -0.15) is 10.1 Å². The number of methoxy groups -OCH3 is 3. The largest absolute Gasteiger partial charge is 0.493 e. The van der Waals surface area contributed by atoms with Crippen molar-refractivity contribution in [3.8, 4) is 22.9 Å². The zero-order valence-corrected chi connectivity index (χ0v) is 20.6. The van der Waals surface area contributed by atoms with E-state index in [1.165, 1.54) is 32.1 Å². The molecule has 0 bridgehead atoms. The molecule has 1 aliphatic rings. The fourth-order valence-electron chi connectivity index (χ4n) is 4.77. The monoisotopic (exact) mass is 477 g/mol. The zero-order chi connectivity index (χ0) is 24.4. The number of rotatable bonds is 8. The summed E-state index contributed by atoms with van der Waals surface area (Å²) in [6.07, 6.45) is 11.9. The van der Waals surface area contributed by atoms with Crippen molar-refractivity contribution in [1.29, 1.82) is 0 Å². The Morgan fingerprint density at radius 3 is 2.43 bits per heavy atom. The van der Waals surface area contributed by atoms with E-state index in [4.69, 9.17) is 24.3 Å². The summed E-state index contributed by atoms with van der Waals surface area (Å²) in [6.45, 7) is 2.91. The van der Waals surface area contributed by atoms with Crippen LogP contribution in [0.2, 0.25) is 0 Å². The Balaban J connectivity index is 1.39. The molecule has 1 aromatic carbocycles. The standard InChI is InChI=1S/C25H31N7O3/c1-16-19-12-26-25(29-24(19)32(30-16)13-17-8-6-5-7-9-17)28-22-14-31(15-27-22)18-10-20(33-2)23(35-4)21(11-18)34-3/h10-12,14-15,17H,5-9,13H2,1-4H3,(H,26,28,29). The third-order valence-corrected chi connectivity index (χ3v) is 6.60. The third kappa shape index (κ3) is 4.60. The van der Waals surface area contributed by atoms with E-state index in [-0.39, 0.29) is 0 Å². The first-order valence-corrected chi connectivity index (χ1v) is 11.9. The molecule has 1 N–H and O–H groups in total. The van der Waals surface area contributed by atoms with Gasteiger partial charge in [0.05, 0.1) is 44.3 Å². The molecule has 10 nitrogen and oxygen atoms in total. The number of nitrogens with zero attached hydrogens (tertiary/aromatic N) is 6. The molecule has 184 valence electrons. The van der Waals surface area contributed by atoms with E-state index >= 15 is 0 Å². The van der Waals surface area contributed by atoms with Crippen molar-refractivity contribution in [2.45, 2.75) is 45.6 Å². The van der Waals surface area contributed by atoms with Crippen molar-refractivity contribution in [3.63, 3.8) is 0 Å². The van der Waals surface area contributed by atoms with Crippen LogP contribution in [0.5, 0.6) is 17.2 Å². The fourth-order valence-corrected chi connectivity index (χ4v) is 4.77. The van der Waals surface area contributed by atoms with Gasteiger partial charge in [-0.1, -0.05) is 19.3 Å². The molecule has 1 aliphatic carbocycles. The fraction of sp³-hybridized carbons (Fsp3) is 0.440. The molecule has 3 aromatic heterocycles. The second-order valence-corrected chi connectivity index (χ2v) is 8.88. The first-order valence-electron chi connectivity index (χ1n) is 11.9. The highest BCUT2D eigenvalue weighted by atomic mass is 16.5. The summed E-state index contributed by atoms with van der Waals surface area (Å²) < 4.78 is 20.3. The molecule has 1 saturated carbocycles. The van der Waals surface area contributed by atoms with Gasteiger partial charge in [0.2, 0.25) is 11.7 Å². The molecule has 10 heteroatoms. The Morgan fingerprint density at radius 2 is 1.74 bits per heavy atom. The molecule has 0 unspecified atom stereocenters. The highest BCUT2D eigenvalue weighted by Gasteiger charge is 2.18. The summed E-state index contributed by atoms with van der Waals surface area (Å²) in [5, 5.41) is 8.96. The number of benzene rings is 1. The summed E-state index contributed by atoms with van der Waals surface area (Å²) in [7, 11) is 4.77. The minimum atomic E-state index is 0.484. The van der Waals surface area contributed by atoms with Crippen LogP contribution in [0, 0.1) is 12.8 Å². The predicted molar refractivity (Wildman–Crippen MR) is 133 cm³/mol. The van der Waals surface area contributed by atoms with Gasteiger partial charge >= 0.3 is 0 Å². The van der Waals surface area contributed by atoms with Gasteiger partial charge in [-0.25, -0.2) is 14.6 Å². The van der Waals surface area contributed by atoms with Crippen molar-refractivity contribution in [1.82, 2.24) is 29.3 Å². The number of fused-ring (bicyclic) bond motifs is 1. The molecule has 0 radical (unpaired) electrons. The van der Waals surface area contributed by atoms with E-state index in [0.717, 1.165) is 29.0 Å². The first kappa shape index (κ1) is 22.9. The van der Waals surface area contributed by atoms with Crippen LogP contribution in [0.15, 0.2) is 30.9 Å². The van der Waals surface area contributed by atoms with Gasteiger partial charge in [-0.05, 0) is 25.7 Å². The normalized spacial score (nSPS) is 14.3. The maximum Gasteiger partial charge on any atom is 0.230 e. The Hall–Kier alpha value is -3.82. The van der Waals surface area contributed by atoms with Crippen molar-refractivity contribution in [2.75, 3.05) is 26.6 Å². The van der Waals surface area contributed by atoms with Crippen molar-refractivity contribution < 1.29 is 14.2 Å². The maximum absolute atomic E-state index is 5.47. The number of imidazole rings is 1. The van der Waals surface area contributed by atoms with E-state index in [1.54, 1.807) is 27.7 Å². The highest BCUT2D eigenvalue weighted by molar-refractivity contribution is 5.78. The summed E-state index contributed by atoms with van der Waals surface area (Å²) in [5.74, 6) is 3.44. The Bertz CT molecular complexity index is 1300. The summed E-state index contributed by atoms with van der Waals surface area (Å²) in [5.41, 5.74) is 2.63. The lowest BCUT2D eigenvalue weighted by Gasteiger charge is -2.21. The molecule has 0 aliphatic heterocycles. The predicted octanol–water partition coefficient (Wildman–Crippen LogP) is 4.67. The second-order valence-electron chi connectivity index (χ2n) is 8.88. The molecule has 35 heavy (non-hydrogen) atoms. The smallest absolute Gasteiger partial charge is 0.230 e. The number of hydrogen-bond acceptors (Lipinski definition) is 8. The molecule has 5 rings (SSSR count). The minimum Gasteiger partial charge on any atom is -0.493 e. The number of aromatic nitrogens is 6. The van der Waals surface area contributed by atoms with E-state index in [9.17, 15) is 0 Å². The second kappa shape index (κ2) is 9.81. The van der Waals surface area contributed by atoms with Crippen LogP contribution in [0.25, 0.3) is 16.7 Å². The molecule has 0 amide bonds. The van der Waals surface area contributed by atoms with Crippen molar-refractivity contribution >= 4 is 22.8 Å². The molecule has 0 saturated heterocycles. The average molecular weight is 478 g/mol. The van der Waals surface area contributed by atoms with Crippen LogP contribution >= 0.6 is 0 Å². The SMILES string of the molecule is COc1cc(-n2cnc(Nc3ncc4c(C)nn(CC5CCCCC5)c4n3)c2)cc(OC)c1OC. The molecule has 1 fully saturated rings. The summed E-state index contributed by atoms with van der Waals surface area (Å²) in [4.78, 5) is 13.8. The van der Waals surface area contributed by atoms with E-state index in [2.05, 4.69) is 15.3 Å². The van der Waals surface area contributed by atoms with Crippen LogP contribution in [0.4, 0.5) is 11.8 Å². The molecular weight excluding hydrogens is 446 g/mol. The third-order valence-electron chi connectivity index (χ3n) is 6.60. The van der Waals surface area contributed by atoms with Gasteiger partial charge in [0.1, 0.15) is 6.33 Å². The average Bonchev–Trinajstić information content (AvgIpc) is 3.48. The number of hydrogen-bond donors (Lipinski definition) is 1. The van der Waals surface area contributed by atoms with Crippen LogP contribution in [0.3, 0.4) is 0 Å². The lowest BCUT2D eigenvalue weighted by Crippen LogP contribution is -2.15. The Kier molecular flexibility index (Phi) is 6.43. The number of anilines is 2. The minimum absolute atomic E-state index is 0.484. The summed E-state index contributed by atoms with van der Waals surface area (Å²) in [6, 6.07) is 3.73. The number of aryl methyl sites for hydroxylation is 1. The van der Waals surface area contributed by atoms with E-state index in [1.807, 2.05) is 40.7 Å². The highest BCUT2D eigenvalue weighted by Crippen LogP contribution is 2.39. The van der Waals surface area contributed by atoms with Gasteiger partial charge < -0.3 is 24.1 Å². The van der Waals surface area contributed by atoms with Crippen molar-refractivity contribution in [2.24, 2.45) is 5.92 Å². The number of nitrogens with one attached hydrogen (secondary N) is 1. The Labute approximate surface area is 204 Å². The zero-order valence-electron chi connectivity index (χ0n) is 20.6. The van der Waals surface area contributed by atoms with Crippen LogP contribution in [-0.2, 0) is 6.54 Å². The topological polar surface area (TPSA) is 101 Å². The van der Waals surface area contributed by atoms with Gasteiger partial charge in [-0.3, -0.25) is 0 Å². The van der Waals surface area contributed by atoms with Crippen LogP contribution in [-0.4, -0.2) is 50.6 Å². The van der Waals surface area contributed by atoms with Gasteiger partial charge in [0, 0.05) is 24.9 Å². The summed E-state index contributed by atoms with van der Waals surface area (Å²) >= 11 is 0. The molecular formula is C25H31N7O3. The van der Waals surface area contributed by atoms with E-state index in [0.29, 0.717) is 34.9 Å². The molecule has 4 aromatic rings. The molecule has 0 spiro atoms. The lowest BCUT2D eigenvalue weighted by atomic mass is 9.89. The molecule has 0 atom stereocenters. The lowest BCUT2D eigenvalue weighted by molar-refractivity contribution is 0.311. The van der Waals surface area contributed by atoms with Crippen LogP contribution < -0.4 is 19.5 Å². The van der Waals surface area contributed by atoms with Gasteiger partial charge in [0.15, 0.2) is 23.0 Å².